The number of methoxy groups -OCH3 is 1. The average Bonchev–Trinajstić information content (AvgIpc) is 2.49. The molecule has 0 saturated heterocycles. The van der Waals surface area contributed by atoms with Gasteiger partial charge in [0.1, 0.15) is 11.6 Å². The number of carbonyl (C=O) groups is 1. The van der Waals surface area contributed by atoms with Crippen LogP contribution in [0.3, 0.4) is 0 Å². The molecule has 0 aliphatic carbocycles. The normalized spacial score (nSPS) is 10.3. The van der Waals surface area contributed by atoms with Crippen molar-refractivity contribution in [2.24, 2.45) is 0 Å². The van der Waals surface area contributed by atoms with Crippen LogP contribution in [-0.4, -0.2) is 13.1 Å². The SMILES string of the molecule is COC(=O)c1ccccc1CNc1cc(F)c(Br)cc1F. The smallest absolute Gasteiger partial charge is 0.338 e. The van der Waals surface area contributed by atoms with Crippen molar-refractivity contribution >= 4 is 27.6 Å². The quantitative estimate of drug-likeness (QED) is 0.662. The van der Waals surface area contributed by atoms with Crippen LogP contribution in [-0.2, 0) is 11.3 Å². The van der Waals surface area contributed by atoms with E-state index in [2.05, 4.69) is 26.0 Å². The number of anilines is 1. The molecule has 3 nitrogen and oxygen atoms in total. The number of rotatable bonds is 4. The van der Waals surface area contributed by atoms with E-state index >= 15 is 0 Å². The fourth-order valence-electron chi connectivity index (χ4n) is 1.83. The molecule has 0 spiro atoms. The number of nitrogens with one attached hydrogen (secondary N) is 1. The van der Waals surface area contributed by atoms with E-state index in [4.69, 9.17) is 0 Å². The van der Waals surface area contributed by atoms with Crippen LogP contribution in [0.2, 0.25) is 0 Å². The highest BCUT2D eigenvalue weighted by molar-refractivity contribution is 9.10. The lowest BCUT2D eigenvalue weighted by molar-refractivity contribution is 0.0599. The molecule has 0 unspecified atom stereocenters. The average molecular weight is 356 g/mol. The van der Waals surface area contributed by atoms with Gasteiger partial charge in [-0.15, -0.1) is 0 Å². The second-order valence-electron chi connectivity index (χ2n) is 4.25. The van der Waals surface area contributed by atoms with Crippen molar-refractivity contribution in [3.63, 3.8) is 0 Å². The van der Waals surface area contributed by atoms with Crippen LogP contribution >= 0.6 is 15.9 Å². The molecule has 2 rings (SSSR count). The monoisotopic (exact) mass is 355 g/mol. The summed E-state index contributed by atoms with van der Waals surface area (Å²) in [6.07, 6.45) is 0. The lowest BCUT2D eigenvalue weighted by Gasteiger charge is -2.11. The summed E-state index contributed by atoms with van der Waals surface area (Å²) in [5.41, 5.74) is 1.04. The number of carbonyl (C=O) groups excluding carboxylic acids is 1. The molecule has 2 aromatic rings. The Morgan fingerprint density at radius 1 is 1.24 bits per heavy atom. The first-order valence-corrected chi connectivity index (χ1v) is 6.87. The number of esters is 1. The molecule has 0 saturated carbocycles. The summed E-state index contributed by atoms with van der Waals surface area (Å²) in [5.74, 6) is -1.63. The van der Waals surface area contributed by atoms with Crippen LogP contribution in [0.15, 0.2) is 40.9 Å². The fourth-order valence-corrected chi connectivity index (χ4v) is 2.15. The third kappa shape index (κ3) is 3.58. The molecule has 0 amide bonds. The van der Waals surface area contributed by atoms with Crippen molar-refractivity contribution in [2.75, 3.05) is 12.4 Å². The summed E-state index contributed by atoms with van der Waals surface area (Å²) in [5, 5.41) is 2.77. The molecule has 6 heteroatoms. The topological polar surface area (TPSA) is 38.3 Å². The number of hydrogen-bond donors (Lipinski definition) is 1. The Kier molecular flexibility index (Phi) is 4.90. The summed E-state index contributed by atoms with van der Waals surface area (Å²) in [4.78, 5) is 11.6. The van der Waals surface area contributed by atoms with Gasteiger partial charge < -0.3 is 10.1 Å². The van der Waals surface area contributed by atoms with Gasteiger partial charge in [-0.25, -0.2) is 13.6 Å². The molecule has 21 heavy (non-hydrogen) atoms. The zero-order valence-electron chi connectivity index (χ0n) is 11.1. The van der Waals surface area contributed by atoms with E-state index in [1.807, 2.05) is 0 Å². The van der Waals surface area contributed by atoms with Gasteiger partial charge >= 0.3 is 5.97 Å². The van der Waals surface area contributed by atoms with Gasteiger partial charge in [-0.2, -0.15) is 0 Å². The van der Waals surface area contributed by atoms with Gasteiger partial charge in [0.05, 0.1) is 22.8 Å². The lowest BCUT2D eigenvalue weighted by atomic mass is 10.1. The van der Waals surface area contributed by atoms with Gasteiger partial charge in [0.25, 0.3) is 0 Å². The van der Waals surface area contributed by atoms with Gasteiger partial charge in [-0.05, 0) is 33.6 Å². The van der Waals surface area contributed by atoms with Crippen molar-refractivity contribution in [2.45, 2.75) is 6.54 Å². The largest absolute Gasteiger partial charge is 0.465 e. The third-order valence-corrected chi connectivity index (χ3v) is 3.51. The highest BCUT2D eigenvalue weighted by Crippen LogP contribution is 2.24. The fraction of sp³-hybridized carbons (Fsp3) is 0.133. The summed E-state index contributed by atoms with van der Waals surface area (Å²) >= 11 is 2.91. The van der Waals surface area contributed by atoms with E-state index in [1.54, 1.807) is 24.3 Å². The first-order valence-electron chi connectivity index (χ1n) is 6.07. The number of benzene rings is 2. The van der Waals surface area contributed by atoms with Gasteiger partial charge in [0.2, 0.25) is 0 Å². The molecule has 0 fully saturated rings. The Bertz CT molecular complexity index is 677. The summed E-state index contributed by atoms with van der Waals surface area (Å²) in [6, 6.07) is 8.88. The molecule has 0 aliphatic rings. The maximum Gasteiger partial charge on any atom is 0.338 e. The molecule has 0 atom stereocenters. The summed E-state index contributed by atoms with van der Waals surface area (Å²) < 4.78 is 31.9. The molecule has 0 aliphatic heterocycles. The Morgan fingerprint density at radius 2 is 1.95 bits per heavy atom. The van der Waals surface area contributed by atoms with E-state index in [9.17, 15) is 13.6 Å². The Hall–Kier alpha value is -1.95. The van der Waals surface area contributed by atoms with Crippen LogP contribution in [0.25, 0.3) is 0 Å². The molecular formula is C15H12BrF2NO2. The van der Waals surface area contributed by atoms with Gasteiger partial charge in [0, 0.05) is 12.6 Å². The minimum Gasteiger partial charge on any atom is -0.465 e. The molecule has 0 bridgehead atoms. The predicted octanol–water partition coefficient (Wildman–Crippen LogP) is 4.13. The number of ether oxygens (including phenoxy) is 1. The van der Waals surface area contributed by atoms with E-state index in [1.165, 1.54) is 7.11 Å². The Balaban J connectivity index is 2.21. The van der Waals surface area contributed by atoms with E-state index in [0.29, 0.717) is 11.1 Å². The zero-order valence-corrected chi connectivity index (χ0v) is 12.7. The third-order valence-electron chi connectivity index (χ3n) is 2.90. The van der Waals surface area contributed by atoms with E-state index in [0.717, 1.165) is 12.1 Å². The van der Waals surface area contributed by atoms with E-state index < -0.39 is 17.6 Å². The first kappa shape index (κ1) is 15.4. The molecule has 0 aromatic heterocycles. The molecule has 0 heterocycles. The molecule has 1 N–H and O–H groups in total. The highest BCUT2D eigenvalue weighted by atomic mass is 79.9. The minimum atomic E-state index is -0.584. The predicted molar refractivity (Wildman–Crippen MR) is 79.2 cm³/mol. The molecule has 2 aromatic carbocycles. The van der Waals surface area contributed by atoms with Crippen LogP contribution in [0.5, 0.6) is 0 Å². The Labute approximate surface area is 129 Å². The minimum absolute atomic E-state index is 0.0235. The molecule has 110 valence electrons. The molecular weight excluding hydrogens is 344 g/mol. The summed E-state index contributed by atoms with van der Waals surface area (Å²) in [7, 11) is 1.29. The summed E-state index contributed by atoms with van der Waals surface area (Å²) in [6.45, 7) is 0.170. The van der Waals surface area contributed by atoms with Gasteiger partial charge in [-0.1, -0.05) is 18.2 Å². The van der Waals surface area contributed by atoms with Crippen molar-refractivity contribution < 1.29 is 18.3 Å². The van der Waals surface area contributed by atoms with Crippen molar-refractivity contribution in [1.82, 2.24) is 0 Å². The maximum absolute atomic E-state index is 13.7. The number of halogens is 3. The second kappa shape index (κ2) is 6.67. The van der Waals surface area contributed by atoms with Crippen LogP contribution in [0, 0.1) is 11.6 Å². The van der Waals surface area contributed by atoms with Crippen molar-refractivity contribution in [3.05, 3.63) is 63.6 Å². The van der Waals surface area contributed by atoms with Gasteiger partial charge in [-0.3, -0.25) is 0 Å². The lowest BCUT2D eigenvalue weighted by Crippen LogP contribution is -2.09. The highest BCUT2D eigenvalue weighted by Gasteiger charge is 2.12. The maximum atomic E-state index is 13.7. The van der Waals surface area contributed by atoms with Gasteiger partial charge in [0.15, 0.2) is 0 Å². The zero-order chi connectivity index (χ0) is 15.4. The standard InChI is InChI=1S/C15H12BrF2NO2/c1-21-15(20)10-5-3-2-4-9(10)8-19-14-7-12(17)11(16)6-13(14)18/h2-7,19H,8H2,1H3. The molecule has 0 radical (unpaired) electrons. The Morgan fingerprint density at radius 3 is 2.67 bits per heavy atom. The van der Waals surface area contributed by atoms with Crippen LogP contribution < -0.4 is 5.32 Å². The number of hydrogen-bond acceptors (Lipinski definition) is 3. The van der Waals surface area contributed by atoms with Crippen LogP contribution in [0.1, 0.15) is 15.9 Å². The van der Waals surface area contributed by atoms with Crippen molar-refractivity contribution in [1.29, 1.82) is 0 Å². The first-order chi connectivity index (χ1) is 10.0. The van der Waals surface area contributed by atoms with Crippen molar-refractivity contribution in [3.8, 4) is 0 Å². The second-order valence-corrected chi connectivity index (χ2v) is 5.10. The van der Waals surface area contributed by atoms with E-state index in [-0.39, 0.29) is 16.7 Å². The van der Waals surface area contributed by atoms with Crippen LogP contribution in [0.4, 0.5) is 14.5 Å².